The fourth-order valence-corrected chi connectivity index (χ4v) is 1.36. The lowest BCUT2D eigenvalue weighted by Gasteiger charge is -2.29. The van der Waals surface area contributed by atoms with E-state index in [0.717, 1.165) is 0 Å². The highest BCUT2D eigenvalue weighted by atomic mass is 15.1. The Hall–Kier alpha value is -0.600. The van der Waals surface area contributed by atoms with Gasteiger partial charge < -0.3 is 10.2 Å². The van der Waals surface area contributed by atoms with E-state index in [9.17, 15) is 0 Å². The first-order valence-corrected chi connectivity index (χ1v) is 3.94. The van der Waals surface area contributed by atoms with Crippen molar-refractivity contribution in [2.24, 2.45) is 0 Å². The van der Waals surface area contributed by atoms with Crippen LogP contribution in [-0.2, 0) is 0 Å². The third-order valence-electron chi connectivity index (χ3n) is 2.04. The van der Waals surface area contributed by atoms with Gasteiger partial charge in [-0.2, -0.15) is 0 Å². The van der Waals surface area contributed by atoms with Gasteiger partial charge in [0.1, 0.15) is 0 Å². The van der Waals surface area contributed by atoms with Crippen molar-refractivity contribution in [1.82, 2.24) is 10.2 Å². The van der Waals surface area contributed by atoms with E-state index in [2.05, 4.69) is 48.6 Å². The maximum absolute atomic E-state index is 3.26. The van der Waals surface area contributed by atoms with Gasteiger partial charge in [-0.25, -0.2) is 0 Å². The van der Waals surface area contributed by atoms with Crippen LogP contribution < -0.4 is 5.32 Å². The van der Waals surface area contributed by atoms with Gasteiger partial charge in [0, 0.05) is 12.1 Å². The van der Waals surface area contributed by atoms with Crippen LogP contribution in [-0.4, -0.2) is 38.1 Å². The van der Waals surface area contributed by atoms with E-state index in [0.29, 0.717) is 12.1 Å². The SMILES string of the molecule is CNC1C=CC=CC1N(C)C. The summed E-state index contributed by atoms with van der Waals surface area (Å²) in [4.78, 5) is 2.21. The van der Waals surface area contributed by atoms with Crippen LogP contribution in [0.3, 0.4) is 0 Å². The lowest BCUT2D eigenvalue weighted by Crippen LogP contribution is -2.44. The number of nitrogens with one attached hydrogen (secondary N) is 1. The normalized spacial score (nSPS) is 29.8. The Kier molecular flexibility index (Phi) is 2.85. The summed E-state index contributed by atoms with van der Waals surface area (Å²) in [7, 11) is 6.18. The molecule has 0 radical (unpaired) electrons. The van der Waals surface area contributed by atoms with Gasteiger partial charge in [-0.15, -0.1) is 0 Å². The largest absolute Gasteiger partial charge is 0.312 e. The third kappa shape index (κ3) is 1.91. The van der Waals surface area contributed by atoms with Gasteiger partial charge in [-0.1, -0.05) is 24.3 Å². The van der Waals surface area contributed by atoms with Crippen molar-refractivity contribution in [1.29, 1.82) is 0 Å². The molecule has 0 saturated heterocycles. The standard InChI is InChI=1S/C9H16N2/c1-10-8-6-4-5-7-9(8)11(2)3/h4-10H,1-3H3. The van der Waals surface area contributed by atoms with Crippen molar-refractivity contribution in [3.63, 3.8) is 0 Å². The highest BCUT2D eigenvalue weighted by Gasteiger charge is 2.17. The molecule has 2 nitrogen and oxygen atoms in total. The van der Waals surface area contributed by atoms with Gasteiger partial charge in [-0.05, 0) is 21.1 Å². The van der Waals surface area contributed by atoms with E-state index in [4.69, 9.17) is 0 Å². The van der Waals surface area contributed by atoms with Crippen molar-refractivity contribution >= 4 is 0 Å². The van der Waals surface area contributed by atoms with Crippen LogP contribution in [0.25, 0.3) is 0 Å². The monoisotopic (exact) mass is 152 g/mol. The summed E-state index contributed by atoms with van der Waals surface area (Å²) in [6.07, 6.45) is 8.57. The van der Waals surface area contributed by atoms with Crippen LogP contribution in [0.2, 0.25) is 0 Å². The molecule has 0 aromatic rings. The highest BCUT2D eigenvalue weighted by Crippen LogP contribution is 2.08. The predicted molar refractivity (Wildman–Crippen MR) is 48.6 cm³/mol. The Balaban J connectivity index is 2.63. The van der Waals surface area contributed by atoms with E-state index in [1.807, 2.05) is 7.05 Å². The van der Waals surface area contributed by atoms with Gasteiger partial charge in [0.2, 0.25) is 0 Å². The zero-order valence-electron chi connectivity index (χ0n) is 7.41. The molecule has 2 heteroatoms. The molecular weight excluding hydrogens is 136 g/mol. The molecule has 0 aromatic heterocycles. The molecule has 2 unspecified atom stereocenters. The van der Waals surface area contributed by atoms with Crippen LogP contribution in [0.5, 0.6) is 0 Å². The minimum atomic E-state index is 0.454. The van der Waals surface area contributed by atoms with E-state index < -0.39 is 0 Å². The second kappa shape index (κ2) is 3.69. The number of rotatable bonds is 2. The Morgan fingerprint density at radius 3 is 2.27 bits per heavy atom. The summed E-state index contributed by atoms with van der Waals surface area (Å²) in [6.45, 7) is 0. The van der Waals surface area contributed by atoms with Gasteiger partial charge in [0.15, 0.2) is 0 Å². The smallest absolute Gasteiger partial charge is 0.0465 e. The van der Waals surface area contributed by atoms with Crippen molar-refractivity contribution in [2.45, 2.75) is 12.1 Å². The summed E-state index contributed by atoms with van der Waals surface area (Å²) in [5.41, 5.74) is 0. The van der Waals surface area contributed by atoms with Crippen LogP contribution in [0, 0.1) is 0 Å². The molecule has 1 rings (SSSR count). The Labute approximate surface area is 68.6 Å². The molecule has 0 aliphatic heterocycles. The Bertz CT molecular complexity index is 170. The van der Waals surface area contributed by atoms with Crippen molar-refractivity contribution in [2.75, 3.05) is 21.1 Å². The van der Waals surface area contributed by atoms with E-state index in [-0.39, 0.29) is 0 Å². The summed E-state index contributed by atoms with van der Waals surface area (Å²) in [5, 5.41) is 3.26. The minimum absolute atomic E-state index is 0.454. The molecule has 0 aromatic carbocycles. The molecule has 0 saturated carbocycles. The summed E-state index contributed by atoms with van der Waals surface area (Å²) < 4.78 is 0. The molecule has 0 heterocycles. The van der Waals surface area contributed by atoms with Crippen LogP contribution in [0.15, 0.2) is 24.3 Å². The first-order valence-electron chi connectivity index (χ1n) is 3.94. The summed E-state index contributed by atoms with van der Waals surface area (Å²) in [6, 6.07) is 0.944. The number of hydrogen-bond acceptors (Lipinski definition) is 2. The molecule has 0 bridgehead atoms. The molecule has 62 valence electrons. The summed E-state index contributed by atoms with van der Waals surface area (Å²) in [5.74, 6) is 0. The highest BCUT2D eigenvalue weighted by molar-refractivity contribution is 5.19. The maximum Gasteiger partial charge on any atom is 0.0465 e. The van der Waals surface area contributed by atoms with Gasteiger partial charge in [-0.3, -0.25) is 0 Å². The van der Waals surface area contributed by atoms with E-state index in [1.165, 1.54) is 0 Å². The molecule has 0 amide bonds. The number of likely N-dealkylation sites (N-methyl/N-ethyl adjacent to an activating group) is 2. The molecule has 2 atom stereocenters. The minimum Gasteiger partial charge on any atom is -0.312 e. The van der Waals surface area contributed by atoms with E-state index in [1.54, 1.807) is 0 Å². The fourth-order valence-electron chi connectivity index (χ4n) is 1.36. The quantitative estimate of drug-likeness (QED) is 0.624. The molecular formula is C9H16N2. The first-order chi connectivity index (χ1) is 5.25. The lowest BCUT2D eigenvalue weighted by atomic mass is 10.0. The Morgan fingerprint density at radius 1 is 1.18 bits per heavy atom. The third-order valence-corrected chi connectivity index (χ3v) is 2.04. The average Bonchev–Trinajstić information content (AvgIpc) is 2.04. The fraction of sp³-hybridized carbons (Fsp3) is 0.556. The summed E-state index contributed by atoms with van der Waals surface area (Å²) >= 11 is 0. The first kappa shape index (κ1) is 8.50. The second-order valence-corrected chi connectivity index (χ2v) is 3.04. The molecule has 1 aliphatic carbocycles. The van der Waals surface area contributed by atoms with E-state index >= 15 is 0 Å². The zero-order chi connectivity index (χ0) is 8.27. The van der Waals surface area contributed by atoms with Gasteiger partial charge >= 0.3 is 0 Å². The molecule has 0 spiro atoms. The van der Waals surface area contributed by atoms with Crippen molar-refractivity contribution in [3.8, 4) is 0 Å². The lowest BCUT2D eigenvalue weighted by molar-refractivity contribution is 0.303. The number of hydrogen-bond donors (Lipinski definition) is 1. The molecule has 11 heavy (non-hydrogen) atoms. The Morgan fingerprint density at radius 2 is 1.82 bits per heavy atom. The zero-order valence-corrected chi connectivity index (χ0v) is 7.41. The molecule has 0 fully saturated rings. The second-order valence-electron chi connectivity index (χ2n) is 3.04. The topological polar surface area (TPSA) is 15.3 Å². The number of nitrogens with zero attached hydrogens (tertiary/aromatic N) is 1. The molecule has 1 aliphatic rings. The predicted octanol–water partition coefficient (Wildman–Crippen LogP) is 0.631. The van der Waals surface area contributed by atoms with Gasteiger partial charge in [0.25, 0.3) is 0 Å². The molecule has 1 N–H and O–H groups in total. The van der Waals surface area contributed by atoms with Crippen LogP contribution >= 0.6 is 0 Å². The maximum atomic E-state index is 3.26. The van der Waals surface area contributed by atoms with Crippen LogP contribution in [0.4, 0.5) is 0 Å². The van der Waals surface area contributed by atoms with Crippen LogP contribution in [0.1, 0.15) is 0 Å². The average molecular weight is 152 g/mol. The van der Waals surface area contributed by atoms with Crippen molar-refractivity contribution < 1.29 is 0 Å². The van der Waals surface area contributed by atoms with Crippen molar-refractivity contribution in [3.05, 3.63) is 24.3 Å². The van der Waals surface area contributed by atoms with Gasteiger partial charge in [0.05, 0.1) is 0 Å². The number of allylic oxidation sites excluding steroid dienone is 2.